The van der Waals surface area contributed by atoms with E-state index in [1.54, 1.807) is 48.7 Å². The molecule has 1 aliphatic rings. The molecule has 5 aromatic rings. The standard InChI is InChI=1S/C33H24ClF3N4O3/c34-23-9-11-24(12-10-23)40(19-20-6-7-20)25-13-14-27(38-18-25)31(42)22-8-15-28(26(16-22)32(43)44)41-29(21-4-2-1-3-5-21)17-30(39-41)33(35,36)37/h1-5,8-18,20H,6-7,19H2,(H,43,44). The van der Waals surface area contributed by atoms with Gasteiger partial charge in [-0.05, 0) is 79.4 Å². The molecule has 1 fully saturated rings. The lowest BCUT2D eigenvalue weighted by atomic mass is 10.0. The van der Waals surface area contributed by atoms with E-state index in [4.69, 9.17) is 11.6 Å². The summed E-state index contributed by atoms with van der Waals surface area (Å²) in [5.41, 5.74) is 0.596. The Kier molecular flexibility index (Phi) is 7.69. The number of halogens is 4. The number of carbonyl (C=O) groups is 2. The summed E-state index contributed by atoms with van der Waals surface area (Å²) >= 11 is 6.07. The summed E-state index contributed by atoms with van der Waals surface area (Å²) < 4.78 is 41.8. The number of carbonyl (C=O) groups excluding carboxylic acids is 1. The fraction of sp³-hybridized carbons (Fsp3) is 0.152. The smallest absolute Gasteiger partial charge is 0.435 e. The predicted molar refractivity (Wildman–Crippen MR) is 160 cm³/mol. The van der Waals surface area contributed by atoms with Crippen LogP contribution in [0, 0.1) is 5.92 Å². The zero-order valence-corrected chi connectivity index (χ0v) is 23.8. The number of aromatic carboxylic acids is 1. The lowest BCUT2D eigenvalue weighted by Crippen LogP contribution is -2.20. The van der Waals surface area contributed by atoms with Crippen LogP contribution in [0.5, 0.6) is 0 Å². The zero-order chi connectivity index (χ0) is 31.0. The van der Waals surface area contributed by atoms with Crippen molar-refractivity contribution in [1.29, 1.82) is 0 Å². The second kappa shape index (κ2) is 11.6. The Morgan fingerprint density at radius 2 is 1.64 bits per heavy atom. The number of hydrogen-bond donors (Lipinski definition) is 1. The number of carboxylic acids is 1. The molecule has 1 saturated carbocycles. The third-order valence-electron chi connectivity index (χ3n) is 7.35. The molecule has 44 heavy (non-hydrogen) atoms. The van der Waals surface area contributed by atoms with Gasteiger partial charge >= 0.3 is 12.1 Å². The zero-order valence-electron chi connectivity index (χ0n) is 23.0. The number of hydrogen-bond acceptors (Lipinski definition) is 5. The molecule has 6 rings (SSSR count). The number of benzene rings is 3. The molecule has 1 N–H and O–H groups in total. The van der Waals surface area contributed by atoms with Crippen molar-refractivity contribution in [3.63, 3.8) is 0 Å². The van der Waals surface area contributed by atoms with Gasteiger partial charge in [-0.3, -0.25) is 9.78 Å². The van der Waals surface area contributed by atoms with Crippen molar-refractivity contribution in [3.8, 4) is 16.9 Å². The minimum absolute atomic E-state index is 0.0170. The lowest BCUT2D eigenvalue weighted by molar-refractivity contribution is -0.141. The average Bonchev–Trinajstić information content (AvgIpc) is 3.73. The van der Waals surface area contributed by atoms with Gasteiger partial charge in [0.2, 0.25) is 5.78 Å². The Morgan fingerprint density at radius 1 is 0.932 bits per heavy atom. The minimum Gasteiger partial charge on any atom is -0.478 e. The Labute approximate surface area is 255 Å². The summed E-state index contributed by atoms with van der Waals surface area (Å²) in [6.45, 7) is 0.786. The van der Waals surface area contributed by atoms with Crippen molar-refractivity contribution in [2.45, 2.75) is 19.0 Å². The normalized spacial score (nSPS) is 13.1. The van der Waals surface area contributed by atoms with Gasteiger partial charge in [-0.1, -0.05) is 41.9 Å². The molecule has 0 bridgehead atoms. The number of rotatable bonds is 9. The number of anilines is 2. The highest BCUT2D eigenvalue weighted by Crippen LogP contribution is 2.36. The fourth-order valence-electron chi connectivity index (χ4n) is 4.92. The third-order valence-corrected chi connectivity index (χ3v) is 7.61. The molecule has 2 aromatic heterocycles. The van der Waals surface area contributed by atoms with E-state index in [1.807, 2.05) is 24.3 Å². The van der Waals surface area contributed by atoms with Gasteiger partial charge in [-0.15, -0.1) is 0 Å². The SMILES string of the molecule is O=C(c1ccc(-n2nc(C(F)(F)F)cc2-c2ccccc2)c(C(=O)O)c1)c1ccc(N(CC2CC2)c2ccc(Cl)cc2)cn1. The van der Waals surface area contributed by atoms with Crippen LogP contribution in [0.4, 0.5) is 24.5 Å². The first kappa shape index (κ1) is 29.1. The molecule has 0 atom stereocenters. The first-order chi connectivity index (χ1) is 21.1. The maximum absolute atomic E-state index is 13.6. The molecule has 3 aromatic carbocycles. The number of nitrogens with zero attached hydrogens (tertiary/aromatic N) is 4. The van der Waals surface area contributed by atoms with Crippen molar-refractivity contribution < 1.29 is 27.9 Å². The quantitative estimate of drug-likeness (QED) is 0.168. The number of carboxylic acid groups (broad SMARTS) is 1. The summed E-state index contributed by atoms with van der Waals surface area (Å²) in [5.74, 6) is -1.41. The molecule has 0 saturated heterocycles. The monoisotopic (exact) mass is 616 g/mol. The molecule has 0 amide bonds. The van der Waals surface area contributed by atoms with Crippen LogP contribution in [0.25, 0.3) is 16.9 Å². The van der Waals surface area contributed by atoms with Crippen LogP contribution in [0.1, 0.15) is 44.9 Å². The van der Waals surface area contributed by atoms with Gasteiger partial charge < -0.3 is 10.0 Å². The molecule has 0 spiro atoms. The highest BCUT2D eigenvalue weighted by Gasteiger charge is 2.36. The molecule has 2 heterocycles. The topological polar surface area (TPSA) is 88.3 Å². The maximum Gasteiger partial charge on any atom is 0.435 e. The third kappa shape index (κ3) is 6.07. The van der Waals surface area contributed by atoms with Crippen LogP contribution in [0.3, 0.4) is 0 Å². The van der Waals surface area contributed by atoms with Crippen LogP contribution >= 0.6 is 11.6 Å². The van der Waals surface area contributed by atoms with Gasteiger partial charge in [0.25, 0.3) is 0 Å². The van der Waals surface area contributed by atoms with Crippen molar-refractivity contribution in [1.82, 2.24) is 14.8 Å². The number of pyridine rings is 1. The summed E-state index contributed by atoms with van der Waals surface area (Å²) in [6.07, 6.45) is -0.892. The molecule has 11 heteroatoms. The summed E-state index contributed by atoms with van der Waals surface area (Å²) in [5, 5.41) is 14.4. The van der Waals surface area contributed by atoms with E-state index in [0.29, 0.717) is 16.5 Å². The van der Waals surface area contributed by atoms with Gasteiger partial charge in [-0.25, -0.2) is 9.48 Å². The van der Waals surface area contributed by atoms with Gasteiger partial charge in [0.05, 0.1) is 28.8 Å². The number of aromatic nitrogens is 3. The van der Waals surface area contributed by atoms with Crippen LogP contribution in [-0.2, 0) is 6.18 Å². The van der Waals surface area contributed by atoms with E-state index in [-0.39, 0.29) is 28.2 Å². The van der Waals surface area contributed by atoms with E-state index in [1.165, 1.54) is 12.1 Å². The van der Waals surface area contributed by atoms with Gasteiger partial charge in [0.1, 0.15) is 5.69 Å². The minimum atomic E-state index is -4.76. The van der Waals surface area contributed by atoms with E-state index < -0.39 is 23.6 Å². The van der Waals surface area contributed by atoms with Crippen LogP contribution in [0.2, 0.25) is 5.02 Å². The summed E-state index contributed by atoms with van der Waals surface area (Å²) in [7, 11) is 0. The Balaban J connectivity index is 1.33. The molecule has 0 unspecified atom stereocenters. The first-order valence-corrected chi connectivity index (χ1v) is 14.1. The Bertz CT molecular complexity index is 1840. The van der Waals surface area contributed by atoms with Crippen molar-refractivity contribution in [2.24, 2.45) is 5.92 Å². The summed E-state index contributed by atoms with van der Waals surface area (Å²) in [6, 6.07) is 23.6. The molecule has 0 aliphatic heterocycles. The predicted octanol–water partition coefficient (Wildman–Crippen LogP) is 8.08. The van der Waals surface area contributed by atoms with Gasteiger partial charge in [-0.2, -0.15) is 18.3 Å². The van der Waals surface area contributed by atoms with Gasteiger partial charge in [0.15, 0.2) is 5.69 Å². The largest absolute Gasteiger partial charge is 0.478 e. The highest BCUT2D eigenvalue weighted by atomic mass is 35.5. The lowest BCUT2D eigenvalue weighted by Gasteiger charge is -2.25. The first-order valence-electron chi connectivity index (χ1n) is 13.7. The van der Waals surface area contributed by atoms with Crippen molar-refractivity contribution in [3.05, 3.63) is 125 Å². The second-order valence-corrected chi connectivity index (χ2v) is 10.9. The van der Waals surface area contributed by atoms with Crippen molar-refractivity contribution >= 4 is 34.7 Å². The van der Waals surface area contributed by atoms with E-state index >= 15 is 0 Å². The molecule has 0 radical (unpaired) electrons. The van der Waals surface area contributed by atoms with Crippen molar-refractivity contribution in [2.75, 3.05) is 11.4 Å². The molecule has 1 aliphatic carbocycles. The molecule has 7 nitrogen and oxygen atoms in total. The number of ketones is 1. The highest BCUT2D eigenvalue weighted by molar-refractivity contribution is 6.30. The Morgan fingerprint density at radius 3 is 2.25 bits per heavy atom. The van der Waals surface area contributed by atoms with E-state index in [9.17, 15) is 27.9 Å². The molecular weight excluding hydrogens is 593 g/mol. The van der Waals surface area contributed by atoms with Crippen LogP contribution < -0.4 is 4.90 Å². The number of alkyl halides is 3. The fourth-order valence-corrected chi connectivity index (χ4v) is 5.04. The Hall–Kier alpha value is -4.96. The molecule has 222 valence electrons. The second-order valence-electron chi connectivity index (χ2n) is 10.5. The van der Waals surface area contributed by atoms with Gasteiger partial charge in [0, 0.05) is 28.4 Å². The summed E-state index contributed by atoms with van der Waals surface area (Å²) in [4.78, 5) is 32.2. The average molecular weight is 617 g/mol. The maximum atomic E-state index is 13.6. The van der Waals surface area contributed by atoms with E-state index in [2.05, 4.69) is 15.0 Å². The van der Waals surface area contributed by atoms with E-state index in [0.717, 1.165) is 47.6 Å². The molecular formula is C33H24ClF3N4O3. The van der Waals surface area contributed by atoms with Crippen LogP contribution in [0.15, 0.2) is 97.2 Å². The van der Waals surface area contributed by atoms with Crippen LogP contribution in [-0.4, -0.2) is 38.2 Å².